The van der Waals surface area contributed by atoms with Gasteiger partial charge < -0.3 is 15.8 Å². The van der Waals surface area contributed by atoms with Crippen molar-refractivity contribution >= 4 is 17.5 Å². The number of hydrogen-bond acceptors (Lipinski definition) is 5. The smallest absolute Gasteiger partial charge is 0.269 e. The number of anilines is 1. The third-order valence-corrected chi connectivity index (χ3v) is 4.54. The van der Waals surface area contributed by atoms with E-state index in [1.807, 2.05) is 0 Å². The second-order valence-corrected chi connectivity index (χ2v) is 6.49. The highest BCUT2D eigenvalue weighted by molar-refractivity contribution is 5.97. The average molecular weight is 417 g/mol. The molecular formula is C21H21F2N3O4. The maximum atomic E-state index is 13.4. The second kappa shape index (κ2) is 9.82. The van der Waals surface area contributed by atoms with E-state index in [4.69, 9.17) is 15.7 Å². The summed E-state index contributed by atoms with van der Waals surface area (Å²) in [6.07, 6.45) is -3.12. The van der Waals surface area contributed by atoms with Crippen molar-refractivity contribution in [3.63, 3.8) is 0 Å². The van der Waals surface area contributed by atoms with Crippen LogP contribution in [0.2, 0.25) is 0 Å². The number of halogens is 2. The summed E-state index contributed by atoms with van der Waals surface area (Å²) >= 11 is 0. The van der Waals surface area contributed by atoms with E-state index in [-0.39, 0.29) is 5.56 Å². The molecule has 0 saturated carbocycles. The lowest BCUT2D eigenvalue weighted by molar-refractivity contribution is -0.157. The third-order valence-electron chi connectivity index (χ3n) is 4.54. The van der Waals surface area contributed by atoms with E-state index < -0.39 is 29.9 Å². The number of ether oxygens (including phenoxy) is 1. The lowest BCUT2D eigenvalue weighted by Gasteiger charge is -2.34. The fourth-order valence-corrected chi connectivity index (χ4v) is 2.54. The first-order valence-electron chi connectivity index (χ1n) is 8.77. The van der Waals surface area contributed by atoms with Crippen molar-refractivity contribution in [2.45, 2.75) is 25.0 Å². The molecule has 0 spiro atoms. The molecule has 0 aliphatic heterocycles. The number of rotatable bonds is 6. The summed E-state index contributed by atoms with van der Waals surface area (Å²) in [6, 6.07) is 11.2. The van der Waals surface area contributed by atoms with E-state index in [1.54, 1.807) is 36.4 Å². The highest BCUT2D eigenvalue weighted by Crippen LogP contribution is 2.24. The van der Waals surface area contributed by atoms with E-state index in [0.29, 0.717) is 16.8 Å². The van der Waals surface area contributed by atoms with Gasteiger partial charge in [0, 0.05) is 29.5 Å². The third kappa shape index (κ3) is 5.11. The molecule has 2 amide bonds. The number of carbonyl (C=O) groups excluding carboxylic acids is 2. The Labute approximate surface area is 172 Å². The van der Waals surface area contributed by atoms with Crippen LogP contribution in [0.4, 0.5) is 14.5 Å². The normalized spacial score (nSPS) is 13.5. The van der Waals surface area contributed by atoms with Gasteiger partial charge in [0.05, 0.1) is 0 Å². The Morgan fingerprint density at radius 2 is 1.77 bits per heavy atom. The average Bonchev–Trinajstić information content (AvgIpc) is 2.75. The zero-order valence-corrected chi connectivity index (χ0v) is 16.3. The summed E-state index contributed by atoms with van der Waals surface area (Å²) in [5, 5.41) is 11.0. The van der Waals surface area contributed by atoms with Crippen molar-refractivity contribution in [3.05, 3.63) is 65.2 Å². The quantitative estimate of drug-likeness (QED) is 0.248. The molecule has 2 aromatic rings. The predicted octanol–water partition coefficient (Wildman–Crippen LogP) is 1.94. The van der Waals surface area contributed by atoms with Crippen LogP contribution in [0, 0.1) is 11.8 Å². The Morgan fingerprint density at radius 3 is 2.30 bits per heavy atom. The van der Waals surface area contributed by atoms with E-state index in [2.05, 4.69) is 17.2 Å². The molecule has 30 heavy (non-hydrogen) atoms. The van der Waals surface area contributed by atoms with Gasteiger partial charge in [0.2, 0.25) is 0 Å². The summed E-state index contributed by atoms with van der Waals surface area (Å²) < 4.78 is 31.6. The number of amides is 2. The number of nitrogens with one attached hydrogen (secondary N) is 2. The minimum atomic E-state index is -3.12. The molecule has 0 aromatic heterocycles. The van der Waals surface area contributed by atoms with Crippen LogP contribution in [-0.2, 0) is 9.53 Å². The molecule has 0 bridgehead atoms. The standard InChI is InChI=1S/C21H21F2N3O4/c1-21(30-2,20(22)23)17(19(28)26-29)25-18(27)15-11-8-13(9-12-15)7-10-14-5-3-4-6-16(14)24/h3-6,8-9,11-12,17,20,29H,24H2,1-2H3,(H,25,27)(H,26,28). The number of nitrogens with two attached hydrogens (primary N) is 1. The van der Waals surface area contributed by atoms with Gasteiger partial charge in [-0.2, -0.15) is 0 Å². The minimum Gasteiger partial charge on any atom is -0.398 e. The molecule has 7 nitrogen and oxygen atoms in total. The Bertz CT molecular complexity index is 970. The summed E-state index contributed by atoms with van der Waals surface area (Å²) in [7, 11) is 0.975. The van der Waals surface area contributed by atoms with Crippen molar-refractivity contribution in [1.29, 1.82) is 0 Å². The maximum Gasteiger partial charge on any atom is 0.269 e. The first kappa shape index (κ1) is 22.8. The fraction of sp³-hybridized carbons (Fsp3) is 0.238. The summed E-state index contributed by atoms with van der Waals surface area (Å²) in [4.78, 5) is 24.3. The van der Waals surface area contributed by atoms with Crippen molar-refractivity contribution < 1.29 is 28.3 Å². The molecule has 2 aromatic carbocycles. The SMILES string of the molecule is COC(C)(C(F)F)C(NC(=O)c1ccc(C#Cc2ccccc2N)cc1)C(=O)NO. The molecule has 0 heterocycles. The van der Waals surface area contributed by atoms with E-state index in [0.717, 1.165) is 14.0 Å². The second-order valence-electron chi connectivity index (χ2n) is 6.49. The highest BCUT2D eigenvalue weighted by Gasteiger charge is 2.48. The number of carbonyl (C=O) groups is 2. The zero-order valence-electron chi connectivity index (χ0n) is 16.3. The van der Waals surface area contributed by atoms with E-state index >= 15 is 0 Å². The van der Waals surface area contributed by atoms with Crippen molar-refractivity contribution in [1.82, 2.24) is 10.8 Å². The lowest BCUT2D eigenvalue weighted by atomic mass is 9.95. The van der Waals surface area contributed by atoms with Gasteiger partial charge in [-0.1, -0.05) is 24.0 Å². The topological polar surface area (TPSA) is 114 Å². The Kier molecular flexibility index (Phi) is 7.47. The molecule has 0 aliphatic rings. The Hall–Kier alpha value is -3.48. The van der Waals surface area contributed by atoms with Gasteiger partial charge in [-0.3, -0.25) is 14.8 Å². The van der Waals surface area contributed by atoms with Crippen LogP contribution in [0.5, 0.6) is 0 Å². The molecule has 0 aliphatic carbocycles. The largest absolute Gasteiger partial charge is 0.398 e. The Morgan fingerprint density at radius 1 is 1.13 bits per heavy atom. The van der Waals surface area contributed by atoms with Crippen LogP contribution in [0.3, 0.4) is 0 Å². The predicted molar refractivity (Wildman–Crippen MR) is 106 cm³/mol. The zero-order chi connectivity index (χ0) is 22.3. The molecule has 2 atom stereocenters. The number of hydrogen-bond donors (Lipinski definition) is 4. The van der Waals surface area contributed by atoms with Crippen LogP contribution < -0.4 is 16.5 Å². The van der Waals surface area contributed by atoms with Gasteiger partial charge in [0.1, 0.15) is 6.04 Å². The maximum absolute atomic E-state index is 13.4. The molecule has 5 N–H and O–H groups in total. The summed E-state index contributed by atoms with van der Waals surface area (Å²) in [5.74, 6) is 3.78. The molecule has 9 heteroatoms. The van der Waals surface area contributed by atoms with Gasteiger partial charge in [-0.05, 0) is 43.3 Å². The molecule has 0 saturated heterocycles. The molecule has 158 valence electrons. The lowest BCUT2D eigenvalue weighted by Crippen LogP contribution is -2.62. The monoisotopic (exact) mass is 417 g/mol. The summed E-state index contributed by atoms with van der Waals surface area (Å²) in [6.45, 7) is 0.950. The van der Waals surface area contributed by atoms with Crippen molar-refractivity contribution in [2.24, 2.45) is 0 Å². The van der Waals surface area contributed by atoms with Gasteiger partial charge in [0.15, 0.2) is 5.60 Å². The summed E-state index contributed by atoms with van der Waals surface area (Å²) in [5.41, 5.74) is 6.62. The van der Waals surface area contributed by atoms with Crippen LogP contribution >= 0.6 is 0 Å². The molecular weight excluding hydrogens is 396 g/mol. The Balaban J connectivity index is 2.20. The van der Waals surface area contributed by atoms with Gasteiger partial charge >= 0.3 is 0 Å². The first-order chi connectivity index (χ1) is 14.2. The molecule has 2 rings (SSSR count). The van der Waals surface area contributed by atoms with E-state index in [9.17, 15) is 18.4 Å². The molecule has 0 fully saturated rings. The van der Waals surface area contributed by atoms with Crippen LogP contribution in [0.1, 0.15) is 28.4 Å². The van der Waals surface area contributed by atoms with E-state index in [1.165, 1.54) is 17.6 Å². The number of alkyl halides is 2. The number of para-hydroxylation sites is 1. The van der Waals surface area contributed by atoms with Crippen molar-refractivity contribution in [3.8, 4) is 11.8 Å². The number of benzene rings is 2. The van der Waals surface area contributed by atoms with Gasteiger partial charge in [0.25, 0.3) is 18.2 Å². The fourth-order valence-electron chi connectivity index (χ4n) is 2.54. The van der Waals surface area contributed by atoms with Gasteiger partial charge in [-0.25, -0.2) is 14.3 Å². The number of methoxy groups -OCH3 is 1. The van der Waals surface area contributed by atoms with Crippen molar-refractivity contribution in [2.75, 3.05) is 12.8 Å². The van der Waals surface area contributed by atoms with Gasteiger partial charge in [-0.15, -0.1) is 0 Å². The van der Waals surface area contributed by atoms with Crippen LogP contribution in [-0.4, -0.2) is 42.2 Å². The molecule has 2 unspecified atom stereocenters. The highest BCUT2D eigenvalue weighted by atomic mass is 19.3. The number of nitrogen functional groups attached to an aromatic ring is 1. The first-order valence-corrected chi connectivity index (χ1v) is 8.77. The molecule has 0 radical (unpaired) electrons. The number of hydroxylamine groups is 1. The van der Waals surface area contributed by atoms with Crippen LogP contribution in [0.25, 0.3) is 0 Å². The minimum absolute atomic E-state index is 0.100. The van der Waals surface area contributed by atoms with Crippen LogP contribution in [0.15, 0.2) is 48.5 Å².